The summed E-state index contributed by atoms with van der Waals surface area (Å²) >= 11 is 4.73. The summed E-state index contributed by atoms with van der Waals surface area (Å²) in [6, 6.07) is 5.15. The van der Waals surface area contributed by atoms with Gasteiger partial charge in [-0.3, -0.25) is 4.98 Å². The second kappa shape index (κ2) is 5.65. The fraction of sp³-hybridized carbons (Fsp3) is 0.0769. The van der Waals surface area contributed by atoms with Crippen LogP contribution in [0.25, 0.3) is 0 Å². The number of pyridine rings is 1. The molecule has 21 heavy (non-hydrogen) atoms. The first-order chi connectivity index (χ1) is 9.77. The highest BCUT2D eigenvalue weighted by molar-refractivity contribution is 7.80. The van der Waals surface area contributed by atoms with Crippen LogP contribution in [0.5, 0.6) is 11.5 Å². The highest BCUT2D eigenvalue weighted by Crippen LogP contribution is 2.34. The van der Waals surface area contributed by atoms with Crippen LogP contribution in [0.15, 0.2) is 36.5 Å². The van der Waals surface area contributed by atoms with Gasteiger partial charge in [0.05, 0.1) is 5.56 Å². The lowest BCUT2D eigenvalue weighted by molar-refractivity contribution is -0.140. The third-order valence-electron chi connectivity index (χ3n) is 2.46. The maximum atomic E-state index is 13.2. The Morgan fingerprint density at radius 1 is 1.14 bits per heavy atom. The Morgan fingerprint density at radius 2 is 1.81 bits per heavy atom. The summed E-state index contributed by atoms with van der Waals surface area (Å²) in [5, 5.41) is 0. The van der Waals surface area contributed by atoms with Crippen LogP contribution in [-0.4, -0.2) is 9.97 Å². The van der Waals surface area contributed by atoms with Gasteiger partial charge in [-0.2, -0.15) is 13.2 Å². The summed E-state index contributed by atoms with van der Waals surface area (Å²) in [7, 11) is 0. The van der Waals surface area contributed by atoms with Gasteiger partial charge in [-0.25, -0.2) is 4.39 Å². The number of benzene rings is 1. The largest absolute Gasteiger partial charge is 0.457 e. The van der Waals surface area contributed by atoms with E-state index >= 15 is 0 Å². The van der Waals surface area contributed by atoms with E-state index in [0.29, 0.717) is 12.1 Å². The van der Waals surface area contributed by atoms with E-state index in [1.165, 1.54) is 18.3 Å². The summed E-state index contributed by atoms with van der Waals surface area (Å²) in [5.41, 5.74) is 4.26. The van der Waals surface area contributed by atoms with Crippen LogP contribution in [0.1, 0.15) is 11.3 Å². The maximum absolute atomic E-state index is 13.2. The lowest BCUT2D eigenvalue weighted by Gasteiger charge is -2.11. The molecule has 3 nitrogen and oxygen atoms in total. The minimum Gasteiger partial charge on any atom is -0.457 e. The van der Waals surface area contributed by atoms with Crippen molar-refractivity contribution in [3.05, 3.63) is 53.6 Å². The minimum absolute atomic E-state index is 0.0236. The van der Waals surface area contributed by atoms with Crippen LogP contribution in [-0.2, 0) is 6.18 Å². The van der Waals surface area contributed by atoms with E-state index in [-0.39, 0.29) is 22.2 Å². The number of aromatic nitrogens is 1. The third-order valence-corrected chi connectivity index (χ3v) is 2.67. The van der Waals surface area contributed by atoms with E-state index in [4.69, 9.17) is 22.7 Å². The first kappa shape index (κ1) is 15.2. The highest BCUT2D eigenvalue weighted by atomic mass is 32.1. The second-order valence-electron chi connectivity index (χ2n) is 3.98. The molecular weight excluding hydrogens is 308 g/mol. The van der Waals surface area contributed by atoms with Crippen LogP contribution < -0.4 is 10.5 Å². The van der Waals surface area contributed by atoms with Crippen LogP contribution in [0.4, 0.5) is 17.6 Å². The number of halogens is 4. The molecule has 8 heteroatoms. The molecule has 2 rings (SSSR count). The van der Waals surface area contributed by atoms with E-state index in [9.17, 15) is 17.6 Å². The van der Waals surface area contributed by atoms with Crippen LogP contribution in [0.2, 0.25) is 0 Å². The number of nitrogens with two attached hydrogens (primary N) is 1. The molecule has 0 aliphatic heterocycles. The van der Waals surface area contributed by atoms with Crippen molar-refractivity contribution in [3.8, 4) is 11.5 Å². The molecular formula is C13H8F4N2OS. The van der Waals surface area contributed by atoms with Gasteiger partial charge >= 0.3 is 6.18 Å². The van der Waals surface area contributed by atoms with Crippen molar-refractivity contribution in [1.82, 2.24) is 4.98 Å². The predicted octanol–water partition coefficient (Wildman–Crippen LogP) is 3.67. The number of rotatable bonds is 3. The predicted molar refractivity (Wildman–Crippen MR) is 71.6 cm³/mol. The fourth-order valence-corrected chi connectivity index (χ4v) is 1.64. The SMILES string of the molecule is NC(=S)c1cc(Oc2ccc(F)c(C(F)(F)F)c2)ccn1. The Hall–Kier alpha value is -2.22. The summed E-state index contributed by atoms with van der Waals surface area (Å²) in [6.45, 7) is 0. The number of ether oxygens (including phenoxy) is 1. The number of hydrogen-bond acceptors (Lipinski definition) is 3. The zero-order valence-corrected chi connectivity index (χ0v) is 11.1. The van der Waals surface area contributed by atoms with Gasteiger partial charge in [0.2, 0.25) is 0 Å². The van der Waals surface area contributed by atoms with E-state index < -0.39 is 17.6 Å². The van der Waals surface area contributed by atoms with Gasteiger partial charge in [-0.05, 0) is 24.3 Å². The van der Waals surface area contributed by atoms with Gasteiger partial charge in [0.1, 0.15) is 28.0 Å². The number of thiocarbonyl (C=S) groups is 1. The molecule has 1 aromatic carbocycles. The van der Waals surface area contributed by atoms with E-state index in [0.717, 1.165) is 6.07 Å². The first-order valence-electron chi connectivity index (χ1n) is 5.58. The summed E-state index contributed by atoms with van der Waals surface area (Å²) in [4.78, 5) is 3.89. The topological polar surface area (TPSA) is 48.1 Å². The van der Waals surface area contributed by atoms with Crippen molar-refractivity contribution >= 4 is 17.2 Å². The average Bonchev–Trinajstić information content (AvgIpc) is 2.40. The van der Waals surface area contributed by atoms with Crippen molar-refractivity contribution in [2.24, 2.45) is 5.73 Å². The van der Waals surface area contributed by atoms with Crippen LogP contribution in [0.3, 0.4) is 0 Å². The fourth-order valence-electron chi connectivity index (χ4n) is 1.53. The van der Waals surface area contributed by atoms with Crippen LogP contribution in [0, 0.1) is 5.82 Å². The Balaban J connectivity index is 2.32. The number of alkyl halides is 3. The van der Waals surface area contributed by atoms with Crippen molar-refractivity contribution in [2.75, 3.05) is 0 Å². The smallest absolute Gasteiger partial charge is 0.419 e. The summed E-state index contributed by atoms with van der Waals surface area (Å²) in [5.74, 6) is -1.34. The molecule has 0 bridgehead atoms. The molecule has 0 atom stereocenters. The normalized spacial score (nSPS) is 11.2. The molecule has 1 aromatic heterocycles. The Kier molecular flexibility index (Phi) is 4.08. The maximum Gasteiger partial charge on any atom is 0.419 e. The molecule has 2 N–H and O–H groups in total. The standard InChI is InChI=1S/C13H8F4N2OS/c14-10-2-1-7(5-9(10)13(15,16)17)20-8-3-4-19-11(6-8)12(18)21/h1-6H,(H2,18,21). The summed E-state index contributed by atoms with van der Waals surface area (Å²) in [6.07, 6.45) is -3.45. The molecule has 0 aliphatic rings. The third kappa shape index (κ3) is 3.66. The highest BCUT2D eigenvalue weighted by Gasteiger charge is 2.34. The molecule has 0 aliphatic carbocycles. The summed E-state index contributed by atoms with van der Waals surface area (Å²) < 4.78 is 56.2. The number of nitrogens with zero attached hydrogens (tertiary/aromatic N) is 1. The lowest BCUT2D eigenvalue weighted by Crippen LogP contribution is -2.11. The Morgan fingerprint density at radius 3 is 2.43 bits per heavy atom. The van der Waals surface area contributed by atoms with Crippen molar-refractivity contribution in [3.63, 3.8) is 0 Å². The van der Waals surface area contributed by atoms with Gasteiger partial charge in [-0.1, -0.05) is 12.2 Å². The molecule has 0 fully saturated rings. The lowest BCUT2D eigenvalue weighted by atomic mass is 10.2. The first-order valence-corrected chi connectivity index (χ1v) is 5.98. The number of hydrogen-bond donors (Lipinski definition) is 1. The van der Waals surface area contributed by atoms with Gasteiger partial charge in [-0.15, -0.1) is 0 Å². The van der Waals surface area contributed by atoms with Crippen LogP contribution >= 0.6 is 12.2 Å². The quantitative estimate of drug-likeness (QED) is 0.693. The second-order valence-corrected chi connectivity index (χ2v) is 4.42. The molecule has 0 saturated carbocycles. The monoisotopic (exact) mass is 316 g/mol. The van der Waals surface area contributed by atoms with E-state index in [1.54, 1.807) is 0 Å². The van der Waals surface area contributed by atoms with Gasteiger partial charge < -0.3 is 10.5 Å². The molecule has 0 spiro atoms. The van der Waals surface area contributed by atoms with Gasteiger partial charge in [0, 0.05) is 12.3 Å². The molecule has 0 saturated heterocycles. The zero-order valence-electron chi connectivity index (χ0n) is 10.3. The Labute approximate surface area is 122 Å². The van der Waals surface area contributed by atoms with Gasteiger partial charge in [0.25, 0.3) is 0 Å². The van der Waals surface area contributed by atoms with Crippen molar-refractivity contribution in [2.45, 2.75) is 6.18 Å². The molecule has 2 aromatic rings. The van der Waals surface area contributed by atoms with Crippen molar-refractivity contribution in [1.29, 1.82) is 0 Å². The molecule has 0 amide bonds. The Bertz CT molecular complexity index is 688. The van der Waals surface area contributed by atoms with Crippen molar-refractivity contribution < 1.29 is 22.3 Å². The molecule has 0 radical (unpaired) electrons. The molecule has 1 heterocycles. The average molecular weight is 316 g/mol. The van der Waals surface area contributed by atoms with E-state index in [2.05, 4.69) is 4.98 Å². The van der Waals surface area contributed by atoms with Gasteiger partial charge in [0.15, 0.2) is 0 Å². The van der Waals surface area contributed by atoms with E-state index in [1.807, 2.05) is 0 Å². The minimum atomic E-state index is -4.80. The molecule has 0 unspecified atom stereocenters. The molecule has 110 valence electrons. The zero-order chi connectivity index (χ0) is 15.6.